The minimum Gasteiger partial charge on any atom is -0.444 e. The van der Waals surface area contributed by atoms with Crippen LogP contribution in [0.2, 0.25) is 0 Å². The van der Waals surface area contributed by atoms with Crippen LogP contribution in [0.3, 0.4) is 0 Å². The molecule has 0 bridgehead atoms. The van der Waals surface area contributed by atoms with Gasteiger partial charge in [-0.05, 0) is 90.1 Å². The number of likely N-dealkylation sites (tertiary alicyclic amines) is 1. The molecule has 1 heterocycles. The fourth-order valence-corrected chi connectivity index (χ4v) is 4.92. The van der Waals surface area contributed by atoms with E-state index in [0.717, 1.165) is 50.7 Å². The maximum Gasteiger partial charge on any atom is 0.416 e. The maximum atomic E-state index is 12.9. The standard InChI is InChI=1S/C26H37F3N4O4/c1-25(2,3)37-24(36)31-20-9-10-21(18(14-20)16-33-11-4-5-12-33)32-22(34)15-30-23(35)17-7-6-8-19(13-17)26(27,28)29/h6-8,13,18,20-21H,4-5,9-12,14-16H2,1-3H3,(H,30,35)(H,31,36)(H,32,34)/t18-,20-,21+/m1/s1. The molecule has 1 saturated heterocycles. The van der Waals surface area contributed by atoms with Gasteiger partial charge in [0.15, 0.2) is 0 Å². The zero-order valence-corrected chi connectivity index (χ0v) is 21.6. The van der Waals surface area contributed by atoms with Gasteiger partial charge in [-0.15, -0.1) is 0 Å². The second-order valence-electron chi connectivity index (χ2n) is 10.9. The highest BCUT2D eigenvalue weighted by Gasteiger charge is 2.35. The third kappa shape index (κ3) is 9.21. The molecule has 1 aliphatic carbocycles. The first-order valence-corrected chi connectivity index (χ1v) is 12.8. The fourth-order valence-electron chi connectivity index (χ4n) is 4.92. The van der Waals surface area contributed by atoms with Gasteiger partial charge in [-0.3, -0.25) is 9.59 Å². The summed E-state index contributed by atoms with van der Waals surface area (Å²) in [5, 5.41) is 8.35. The third-order valence-corrected chi connectivity index (χ3v) is 6.60. The topological polar surface area (TPSA) is 99.8 Å². The second-order valence-corrected chi connectivity index (χ2v) is 10.9. The quantitative estimate of drug-likeness (QED) is 0.503. The van der Waals surface area contributed by atoms with E-state index in [0.29, 0.717) is 19.3 Å². The van der Waals surface area contributed by atoms with Gasteiger partial charge in [0.25, 0.3) is 5.91 Å². The Morgan fingerprint density at radius 3 is 2.41 bits per heavy atom. The van der Waals surface area contributed by atoms with Crippen molar-refractivity contribution in [2.24, 2.45) is 5.92 Å². The average molecular weight is 527 g/mol. The zero-order valence-electron chi connectivity index (χ0n) is 21.6. The van der Waals surface area contributed by atoms with E-state index in [4.69, 9.17) is 4.74 Å². The number of ether oxygens (including phenoxy) is 1. The van der Waals surface area contributed by atoms with Gasteiger partial charge in [0.1, 0.15) is 5.60 Å². The minimum atomic E-state index is -4.56. The number of benzene rings is 1. The lowest BCUT2D eigenvalue weighted by molar-refractivity contribution is -0.137. The lowest BCUT2D eigenvalue weighted by atomic mass is 9.81. The molecule has 1 aliphatic heterocycles. The van der Waals surface area contributed by atoms with E-state index in [9.17, 15) is 27.6 Å². The molecule has 11 heteroatoms. The molecule has 2 aliphatic rings. The Kier molecular flexibility index (Phi) is 9.44. The van der Waals surface area contributed by atoms with Crippen molar-refractivity contribution in [1.29, 1.82) is 0 Å². The summed E-state index contributed by atoms with van der Waals surface area (Å²) in [6.45, 7) is 7.85. The molecule has 3 N–H and O–H groups in total. The fraction of sp³-hybridized carbons (Fsp3) is 0.654. The molecule has 37 heavy (non-hydrogen) atoms. The molecular weight excluding hydrogens is 489 g/mol. The van der Waals surface area contributed by atoms with Crippen LogP contribution in [0.25, 0.3) is 0 Å². The highest BCUT2D eigenvalue weighted by Crippen LogP contribution is 2.30. The van der Waals surface area contributed by atoms with Crippen LogP contribution >= 0.6 is 0 Å². The lowest BCUT2D eigenvalue weighted by Crippen LogP contribution is -2.53. The molecule has 1 aromatic rings. The highest BCUT2D eigenvalue weighted by molar-refractivity contribution is 5.96. The number of carbonyl (C=O) groups excluding carboxylic acids is 3. The van der Waals surface area contributed by atoms with E-state index in [1.165, 1.54) is 6.07 Å². The number of rotatable bonds is 7. The van der Waals surface area contributed by atoms with Gasteiger partial charge in [-0.2, -0.15) is 13.2 Å². The Hall–Kier alpha value is -2.82. The van der Waals surface area contributed by atoms with Crippen LogP contribution in [-0.2, 0) is 15.7 Å². The number of nitrogens with one attached hydrogen (secondary N) is 3. The molecule has 3 rings (SSSR count). The van der Waals surface area contributed by atoms with Crippen molar-refractivity contribution in [2.75, 3.05) is 26.2 Å². The summed E-state index contributed by atoms with van der Waals surface area (Å²) in [4.78, 5) is 39.6. The van der Waals surface area contributed by atoms with Crippen molar-refractivity contribution in [3.8, 4) is 0 Å². The molecule has 0 aromatic heterocycles. The lowest BCUT2D eigenvalue weighted by Gasteiger charge is -2.39. The largest absolute Gasteiger partial charge is 0.444 e. The summed E-state index contributed by atoms with van der Waals surface area (Å²) in [6, 6.07) is 3.86. The molecule has 0 spiro atoms. The van der Waals surface area contributed by atoms with E-state index >= 15 is 0 Å². The predicted molar refractivity (Wildman–Crippen MR) is 132 cm³/mol. The summed E-state index contributed by atoms with van der Waals surface area (Å²) >= 11 is 0. The molecule has 3 amide bonds. The number of alkyl halides is 3. The summed E-state index contributed by atoms with van der Waals surface area (Å²) in [5.74, 6) is -1.06. The number of alkyl carbamates (subject to hydrolysis) is 1. The molecule has 206 valence electrons. The van der Waals surface area contributed by atoms with E-state index in [2.05, 4.69) is 20.9 Å². The first-order chi connectivity index (χ1) is 17.3. The zero-order chi connectivity index (χ0) is 27.2. The Morgan fingerprint density at radius 1 is 1.05 bits per heavy atom. The third-order valence-electron chi connectivity index (χ3n) is 6.60. The van der Waals surface area contributed by atoms with Crippen LogP contribution in [0, 0.1) is 5.92 Å². The number of hydrogen-bond donors (Lipinski definition) is 3. The Morgan fingerprint density at radius 2 is 1.76 bits per heavy atom. The van der Waals surface area contributed by atoms with E-state index < -0.39 is 35.2 Å². The van der Waals surface area contributed by atoms with Gasteiger partial charge in [0.2, 0.25) is 5.91 Å². The van der Waals surface area contributed by atoms with Gasteiger partial charge < -0.3 is 25.6 Å². The van der Waals surface area contributed by atoms with Crippen molar-refractivity contribution < 1.29 is 32.3 Å². The van der Waals surface area contributed by atoms with Gasteiger partial charge in [-0.1, -0.05) is 6.07 Å². The summed E-state index contributed by atoms with van der Waals surface area (Å²) in [6.07, 6.45) is -0.775. The Balaban J connectivity index is 1.55. The van der Waals surface area contributed by atoms with Crippen molar-refractivity contribution in [3.63, 3.8) is 0 Å². The van der Waals surface area contributed by atoms with E-state index in [1.54, 1.807) is 20.8 Å². The average Bonchev–Trinajstić information content (AvgIpc) is 3.30. The van der Waals surface area contributed by atoms with Crippen LogP contribution < -0.4 is 16.0 Å². The normalized spacial score (nSPS) is 22.8. The van der Waals surface area contributed by atoms with Crippen LogP contribution in [-0.4, -0.2) is 66.7 Å². The summed E-state index contributed by atoms with van der Waals surface area (Å²) in [5.41, 5.74) is -1.68. The molecule has 3 atom stereocenters. The van der Waals surface area contributed by atoms with Crippen molar-refractivity contribution in [3.05, 3.63) is 35.4 Å². The van der Waals surface area contributed by atoms with Crippen LogP contribution in [0.5, 0.6) is 0 Å². The smallest absolute Gasteiger partial charge is 0.416 e. The Bertz CT molecular complexity index is 958. The first-order valence-electron chi connectivity index (χ1n) is 12.8. The predicted octanol–water partition coefficient (Wildman–Crippen LogP) is 3.71. The number of hydrogen-bond acceptors (Lipinski definition) is 5. The van der Waals surface area contributed by atoms with E-state index in [1.807, 2.05) is 0 Å². The van der Waals surface area contributed by atoms with Gasteiger partial charge in [-0.25, -0.2) is 4.79 Å². The summed E-state index contributed by atoms with van der Waals surface area (Å²) < 4.78 is 44.2. The first kappa shape index (κ1) is 28.7. The van der Waals surface area contributed by atoms with Crippen LogP contribution in [0.1, 0.15) is 68.8 Å². The van der Waals surface area contributed by atoms with Gasteiger partial charge in [0, 0.05) is 24.2 Å². The van der Waals surface area contributed by atoms with Crippen LogP contribution in [0.15, 0.2) is 24.3 Å². The number of amides is 3. The summed E-state index contributed by atoms with van der Waals surface area (Å²) in [7, 11) is 0. The molecule has 0 radical (unpaired) electrons. The molecule has 0 unspecified atom stereocenters. The number of carbonyl (C=O) groups is 3. The molecule has 8 nitrogen and oxygen atoms in total. The van der Waals surface area contributed by atoms with Crippen molar-refractivity contribution >= 4 is 17.9 Å². The van der Waals surface area contributed by atoms with Gasteiger partial charge in [0.05, 0.1) is 12.1 Å². The molecule has 1 aromatic carbocycles. The Labute approximate surface area is 215 Å². The second kappa shape index (κ2) is 12.1. The highest BCUT2D eigenvalue weighted by atomic mass is 19.4. The number of halogens is 3. The molecular formula is C26H37F3N4O4. The van der Waals surface area contributed by atoms with Crippen molar-refractivity contribution in [1.82, 2.24) is 20.9 Å². The molecule has 1 saturated carbocycles. The molecule has 2 fully saturated rings. The monoisotopic (exact) mass is 526 g/mol. The maximum absolute atomic E-state index is 12.9. The van der Waals surface area contributed by atoms with E-state index in [-0.39, 0.29) is 30.1 Å². The minimum absolute atomic E-state index is 0.0729. The van der Waals surface area contributed by atoms with Crippen molar-refractivity contribution in [2.45, 2.75) is 76.7 Å². The van der Waals surface area contributed by atoms with Gasteiger partial charge >= 0.3 is 12.3 Å². The SMILES string of the molecule is CC(C)(C)OC(=O)N[C@@H]1CC[C@H](NC(=O)CNC(=O)c2cccc(C(F)(F)F)c2)[C@@H](CN2CCCC2)C1. The van der Waals surface area contributed by atoms with Crippen LogP contribution in [0.4, 0.5) is 18.0 Å². The number of nitrogens with zero attached hydrogens (tertiary/aromatic N) is 1.